The Morgan fingerprint density at radius 2 is 2.00 bits per heavy atom. The zero-order valence-electron chi connectivity index (χ0n) is 11.7. The first-order valence-corrected chi connectivity index (χ1v) is 7.55. The highest BCUT2D eigenvalue weighted by Gasteiger charge is 2.11. The number of anilines is 1. The molecule has 0 aliphatic heterocycles. The minimum absolute atomic E-state index is 0.527. The van der Waals surface area contributed by atoms with Gasteiger partial charge in [-0.2, -0.15) is 0 Å². The number of hydrogen-bond donors (Lipinski definition) is 1. The standard InChI is InChI=1S/C15H18BrN3O/c1-3-9-17-14-13(16)15(19-10-18-14)20-12-8-6-5-7-11(12)4-2/h5-8,10H,3-4,9H2,1-2H3,(H,17,18,19). The fourth-order valence-corrected chi connectivity index (χ4v) is 2.22. The minimum atomic E-state index is 0.527. The summed E-state index contributed by atoms with van der Waals surface area (Å²) in [4.78, 5) is 8.41. The smallest absolute Gasteiger partial charge is 0.238 e. The molecular formula is C15H18BrN3O. The summed E-state index contributed by atoms with van der Waals surface area (Å²) in [5.74, 6) is 2.11. The summed E-state index contributed by atoms with van der Waals surface area (Å²) in [6, 6.07) is 7.97. The molecule has 106 valence electrons. The van der Waals surface area contributed by atoms with Crippen molar-refractivity contribution in [2.45, 2.75) is 26.7 Å². The monoisotopic (exact) mass is 335 g/mol. The molecule has 0 bridgehead atoms. The molecule has 0 saturated carbocycles. The maximum absolute atomic E-state index is 5.91. The SMILES string of the molecule is CCCNc1ncnc(Oc2ccccc2CC)c1Br. The molecule has 4 nitrogen and oxygen atoms in total. The van der Waals surface area contributed by atoms with Crippen molar-refractivity contribution in [2.24, 2.45) is 0 Å². The number of ether oxygens (including phenoxy) is 1. The van der Waals surface area contributed by atoms with Gasteiger partial charge in [0.1, 0.15) is 22.4 Å². The molecule has 0 radical (unpaired) electrons. The molecule has 0 spiro atoms. The molecule has 20 heavy (non-hydrogen) atoms. The van der Waals surface area contributed by atoms with Gasteiger partial charge >= 0.3 is 0 Å². The average Bonchev–Trinajstić information content (AvgIpc) is 2.48. The lowest BCUT2D eigenvalue weighted by molar-refractivity contribution is 0.453. The first-order valence-electron chi connectivity index (χ1n) is 6.76. The molecule has 0 aliphatic carbocycles. The Balaban J connectivity index is 2.25. The lowest BCUT2D eigenvalue weighted by atomic mass is 10.1. The molecule has 0 atom stereocenters. The molecule has 1 N–H and O–H groups in total. The normalized spacial score (nSPS) is 10.3. The summed E-state index contributed by atoms with van der Waals surface area (Å²) in [5, 5.41) is 3.24. The van der Waals surface area contributed by atoms with Crippen LogP contribution in [0.4, 0.5) is 5.82 Å². The van der Waals surface area contributed by atoms with Crippen molar-refractivity contribution in [2.75, 3.05) is 11.9 Å². The van der Waals surface area contributed by atoms with Crippen LogP contribution in [-0.4, -0.2) is 16.5 Å². The summed E-state index contributed by atoms with van der Waals surface area (Å²) < 4.78 is 6.66. The molecule has 2 rings (SSSR count). The third kappa shape index (κ3) is 3.48. The Morgan fingerprint density at radius 3 is 2.75 bits per heavy atom. The van der Waals surface area contributed by atoms with E-state index in [1.165, 1.54) is 6.33 Å². The van der Waals surface area contributed by atoms with Gasteiger partial charge in [0.05, 0.1) is 0 Å². The third-order valence-corrected chi connectivity index (χ3v) is 3.57. The van der Waals surface area contributed by atoms with E-state index in [2.05, 4.69) is 51.1 Å². The summed E-state index contributed by atoms with van der Waals surface area (Å²) in [7, 11) is 0. The number of rotatable bonds is 6. The van der Waals surface area contributed by atoms with Crippen LogP contribution in [0.15, 0.2) is 35.1 Å². The van der Waals surface area contributed by atoms with Gasteiger partial charge < -0.3 is 10.1 Å². The molecule has 1 heterocycles. The molecule has 2 aromatic rings. The number of aryl methyl sites for hydroxylation is 1. The van der Waals surface area contributed by atoms with Gasteiger partial charge in [0, 0.05) is 6.54 Å². The maximum Gasteiger partial charge on any atom is 0.238 e. The summed E-state index contributed by atoms with van der Waals surface area (Å²) >= 11 is 3.50. The van der Waals surface area contributed by atoms with E-state index >= 15 is 0 Å². The summed E-state index contributed by atoms with van der Waals surface area (Å²) in [6.07, 6.45) is 3.46. The molecule has 0 aliphatic rings. The van der Waals surface area contributed by atoms with Crippen LogP contribution in [0.5, 0.6) is 11.6 Å². The molecule has 0 saturated heterocycles. The van der Waals surface area contributed by atoms with Gasteiger partial charge in [-0.1, -0.05) is 32.0 Å². The first-order chi connectivity index (χ1) is 9.76. The second-order valence-corrected chi connectivity index (χ2v) is 5.12. The lowest BCUT2D eigenvalue weighted by Crippen LogP contribution is -2.04. The fraction of sp³-hybridized carbons (Fsp3) is 0.333. The molecule has 1 aromatic carbocycles. The number of aromatic nitrogens is 2. The first kappa shape index (κ1) is 14.8. The summed E-state index contributed by atoms with van der Waals surface area (Å²) in [5.41, 5.74) is 1.15. The largest absolute Gasteiger partial charge is 0.437 e. The Kier molecular flexibility index (Phi) is 5.35. The van der Waals surface area contributed by atoms with Gasteiger partial charge in [-0.25, -0.2) is 9.97 Å². The van der Waals surface area contributed by atoms with Crippen molar-refractivity contribution in [3.05, 3.63) is 40.6 Å². The molecule has 0 unspecified atom stereocenters. The van der Waals surface area contributed by atoms with Gasteiger partial charge in [-0.3, -0.25) is 0 Å². The van der Waals surface area contributed by atoms with Crippen LogP contribution in [0.25, 0.3) is 0 Å². The minimum Gasteiger partial charge on any atom is -0.437 e. The van der Waals surface area contributed by atoms with Crippen molar-refractivity contribution in [1.29, 1.82) is 0 Å². The highest BCUT2D eigenvalue weighted by atomic mass is 79.9. The number of nitrogens with zero attached hydrogens (tertiary/aromatic N) is 2. The fourth-order valence-electron chi connectivity index (χ4n) is 1.79. The van der Waals surface area contributed by atoms with Crippen LogP contribution >= 0.6 is 15.9 Å². The maximum atomic E-state index is 5.91. The van der Waals surface area contributed by atoms with E-state index in [9.17, 15) is 0 Å². The predicted molar refractivity (Wildman–Crippen MR) is 84.4 cm³/mol. The van der Waals surface area contributed by atoms with Crippen molar-refractivity contribution >= 4 is 21.7 Å². The van der Waals surface area contributed by atoms with E-state index in [4.69, 9.17) is 4.74 Å². The molecule has 0 amide bonds. The predicted octanol–water partition coefficient (Wildman–Crippen LogP) is 4.42. The average molecular weight is 336 g/mol. The van der Waals surface area contributed by atoms with Crippen molar-refractivity contribution < 1.29 is 4.74 Å². The van der Waals surface area contributed by atoms with Crippen LogP contribution < -0.4 is 10.1 Å². The van der Waals surface area contributed by atoms with E-state index in [0.717, 1.165) is 41.0 Å². The number of hydrogen-bond acceptors (Lipinski definition) is 4. The Morgan fingerprint density at radius 1 is 1.20 bits per heavy atom. The molecule has 5 heteroatoms. The topological polar surface area (TPSA) is 47.0 Å². The molecular weight excluding hydrogens is 318 g/mol. The van der Waals surface area contributed by atoms with E-state index in [-0.39, 0.29) is 0 Å². The quantitative estimate of drug-likeness (QED) is 0.848. The summed E-state index contributed by atoms with van der Waals surface area (Å²) in [6.45, 7) is 5.07. The lowest BCUT2D eigenvalue weighted by Gasteiger charge is -2.12. The Bertz CT molecular complexity index is 575. The number of para-hydroxylation sites is 1. The van der Waals surface area contributed by atoms with Gasteiger partial charge in [-0.15, -0.1) is 0 Å². The van der Waals surface area contributed by atoms with E-state index < -0.39 is 0 Å². The zero-order chi connectivity index (χ0) is 14.4. The van der Waals surface area contributed by atoms with Crippen LogP contribution in [-0.2, 0) is 6.42 Å². The van der Waals surface area contributed by atoms with E-state index in [1.807, 2.05) is 18.2 Å². The van der Waals surface area contributed by atoms with Gasteiger partial charge in [0.15, 0.2) is 0 Å². The molecule has 1 aromatic heterocycles. The van der Waals surface area contributed by atoms with Gasteiger partial charge in [0.25, 0.3) is 0 Å². The van der Waals surface area contributed by atoms with Crippen LogP contribution in [0.2, 0.25) is 0 Å². The van der Waals surface area contributed by atoms with Gasteiger partial charge in [-0.05, 0) is 40.4 Å². The molecule has 0 fully saturated rings. The van der Waals surface area contributed by atoms with Crippen molar-refractivity contribution in [3.63, 3.8) is 0 Å². The zero-order valence-corrected chi connectivity index (χ0v) is 13.3. The van der Waals surface area contributed by atoms with Crippen LogP contribution in [0.3, 0.4) is 0 Å². The second kappa shape index (κ2) is 7.24. The number of benzene rings is 1. The Hall–Kier alpha value is -1.62. The number of nitrogens with one attached hydrogen (secondary N) is 1. The second-order valence-electron chi connectivity index (χ2n) is 4.33. The van der Waals surface area contributed by atoms with Crippen LogP contribution in [0.1, 0.15) is 25.8 Å². The Labute approximate surface area is 127 Å². The third-order valence-electron chi connectivity index (χ3n) is 2.86. The van der Waals surface area contributed by atoms with E-state index in [0.29, 0.717) is 5.88 Å². The van der Waals surface area contributed by atoms with Crippen LogP contribution in [0, 0.1) is 0 Å². The van der Waals surface area contributed by atoms with Crippen molar-refractivity contribution in [3.8, 4) is 11.6 Å². The highest BCUT2D eigenvalue weighted by molar-refractivity contribution is 9.10. The highest BCUT2D eigenvalue weighted by Crippen LogP contribution is 2.33. The van der Waals surface area contributed by atoms with E-state index in [1.54, 1.807) is 0 Å². The van der Waals surface area contributed by atoms with Gasteiger partial charge in [0.2, 0.25) is 5.88 Å². The van der Waals surface area contributed by atoms with Crippen molar-refractivity contribution in [1.82, 2.24) is 9.97 Å². The number of halogens is 1.